The van der Waals surface area contributed by atoms with E-state index in [-0.39, 0.29) is 12.5 Å². The zero-order valence-electron chi connectivity index (χ0n) is 25.8. The van der Waals surface area contributed by atoms with E-state index in [0.29, 0.717) is 12.8 Å². The van der Waals surface area contributed by atoms with Crippen molar-refractivity contribution in [1.29, 1.82) is 0 Å². The minimum Gasteiger partial charge on any atom is -0.351 e. The molecule has 1 aromatic carbocycles. The Bertz CT molecular complexity index is 1050. The van der Waals surface area contributed by atoms with E-state index >= 15 is 0 Å². The highest BCUT2D eigenvalue weighted by atomic mass is 31.2. The molecule has 6 nitrogen and oxygen atoms in total. The summed E-state index contributed by atoms with van der Waals surface area (Å²) in [6.07, 6.45) is 27.9. The number of carbonyl (C=O) groups excluding carboxylic acids is 1. The van der Waals surface area contributed by atoms with Crippen LogP contribution in [0.25, 0.3) is 0 Å². The zero-order valence-corrected chi connectivity index (χ0v) is 26.7. The topological polar surface area (TPSA) is 95.9 Å². The Labute approximate surface area is 255 Å². The fourth-order valence-electron chi connectivity index (χ4n) is 5.11. The van der Waals surface area contributed by atoms with Gasteiger partial charge >= 0.3 is 7.82 Å². The SMILES string of the molecule is CCCCCCCC/C=C\CCCCCCCC(=O)N[C@@H](COP(=O)(O)O)Cc1ccc(C#CC2=CCCCC2)cc1. The summed E-state index contributed by atoms with van der Waals surface area (Å²) in [5.74, 6) is 6.36. The minimum atomic E-state index is -4.63. The molecule has 1 aliphatic rings. The molecule has 1 atom stereocenters. The average molecular weight is 600 g/mol. The van der Waals surface area contributed by atoms with Crippen molar-refractivity contribution in [1.82, 2.24) is 5.32 Å². The van der Waals surface area contributed by atoms with Gasteiger partial charge in [0.25, 0.3) is 0 Å². The highest BCUT2D eigenvalue weighted by Crippen LogP contribution is 2.35. The second-order valence-corrected chi connectivity index (χ2v) is 12.8. The normalized spacial score (nSPS) is 14.3. The molecule has 2 rings (SSSR count). The molecule has 0 unspecified atom stereocenters. The van der Waals surface area contributed by atoms with Gasteiger partial charge in [0.05, 0.1) is 12.6 Å². The van der Waals surface area contributed by atoms with Gasteiger partial charge in [0.1, 0.15) is 0 Å². The number of phosphoric ester groups is 1. The molecule has 7 heteroatoms. The van der Waals surface area contributed by atoms with Crippen molar-refractivity contribution in [2.75, 3.05) is 6.61 Å². The molecule has 0 fully saturated rings. The quantitative estimate of drug-likeness (QED) is 0.0568. The van der Waals surface area contributed by atoms with Crippen molar-refractivity contribution < 1.29 is 23.7 Å². The first-order valence-electron chi connectivity index (χ1n) is 16.3. The molecule has 1 amide bonds. The van der Waals surface area contributed by atoms with E-state index in [2.05, 4.69) is 42.3 Å². The van der Waals surface area contributed by atoms with Crippen molar-refractivity contribution in [3.63, 3.8) is 0 Å². The maximum atomic E-state index is 12.6. The maximum absolute atomic E-state index is 12.6. The second-order valence-electron chi connectivity index (χ2n) is 11.5. The summed E-state index contributed by atoms with van der Waals surface area (Å²) in [5, 5.41) is 2.92. The molecule has 0 spiro atoms. The summed E-state index contributed by atoms with van der Waals surface area (Å²) in [6.45, 7) is 2.00. The summed E-state index contributed by atoms with van der Waals surface area (Å²) in [4.78, 5) is 30.9. The third-order valence-electron chi connectivity index (χ3n) is 7.57. The first-order valence-corrected chi connectivity index (χ1v) is 17.8. The molecule has 0 aromatic heterocycles. The van der Waals surface area contributed by atoms with Gasteiger partial charge in [0.2, 0.25) is 5.91 Å². The Hall–Kier alpha value is -2.16. The third-order valence-corrected chi connectivity index (χ3v) is 8.05. The summed E-state index contributed by atoms with van der Waals surface area (Å²) < 4.78 is 16.0. The molecule has 234 valence electrons. The Morgan fingerprint density at radius 1 is 0.929 bits per heavy atom. The molecule has 1 aromatic rings. The lowest BCUT2D eigenvalue weighted by Gasteiger charge is -2.19. The molecule has 3 N–H and O–H groups in total. The summed E-state index contributed by atoms with van der Waals surface area (Å²) in [6, 6.07) is 7.25. The van der Waals surface area contributed by atoms with Crippen LogP contribution in [0.1, 0.15) is 134 Å². The average Bonchev–Trinajstić information content (AvgIpc) is 2.97. The Balaban J connectivity index is 1.65. The lowest BCUT2D eigenvalue weighted by Crippen LogP contribution is -2.39. The van der Waals surface area contributed by atoms with Crippen LogP contribution in [0.15, 0.2) is 48.1 Å². The molecular formula is C35H54NO5P. The van der Waals surface area contributed by atoms with E-state index in [4.69, 9.17) is 4.52 Å². The van der Waals surface area contributed by atoms with E-state index < -0.39 is 13.9 Å². The van der Waals surface area contributed by atoms with Gasteiger partial charge in [-0.1, -0.05) is 100 Å². The first kappa shape index (κ1) is 36.0. The number of amides is 1. The van der Waals surface area contributed by atoms with Crippen molar-refractivity contribution >= 4 is 13.7 Å². The number of rotatable bonds is 21. The number of phosphoric acid groups is 1. The zero-order chi connectivity index (χ0) is 30.3. The number of nitrogens with one attached hydrogen (secondary N) is 1. The summed E-state index contributed by atoms with van der Waals surface area (Å²) in [5.41, 5.74) is 3.06. The predicted octanol–water partition coefficient (Wildman–Crippen LogP) is 8.71. The van der Waals surface area contributed by atoms with E-state index in [1.54, 1.807) is 0 Å². The van der Waals surface area contributed by atoms with Crippen LogP contribution >= 0.6 is 7.82 Å². The first-order chi connectivity index (χ1) is 20.4. The highest BCUT2D eigenvalue weighted by molar-refractivity contribution is 7.46. The largest absolute Gasteiger partial charge is 0.469 e. The van der Waals surface area contributed by atoms with E-state index in [0.717, 1.165) is 49.7 Å². The fourth-order valence-corrected chi connectivity index (χ4v) is 5.48. The number of allylic oxidation sites excluding steroid dienone is 4. The van der Waals surface area contributed by atoms with Gasteiger partial charge < -0.3 is 15.1 Å². The van der Waals surface area contributed by atoms with E-state index in [1.165, 1.54) is 76.2 Å². The maximum Gasteiger partial charge on any atom is 0.469 e. The van der Waals surface area contributed by atoms with Crippen LogP contribution in [0.4, 0.5) is 0 Å². The van der Waals surface area contributed by atoms with Crippen LogP contribution in [-0.4, -0.2) is 28.3 Å². The van der Waals surface area contributed by atoms with Crippen molar-refractivity contribution in [3.05, 3.63) is 59.2 Å². The number of unbranched alkanes of at least 4 members (excludes halogenated alkanes) is 11. The molecule has 0 saturated heterocycles. The molecule has 1 aliphatic carbocycles. The van der Waals surface area contributed by atoms with Gasteiger partial charge in [-0.15, -0.1) is 0 Å². The van der Waals surface area contributed by atoms with E-state index in [1.807, 2.05) is 24.3 Å². The van der Waals surface area contributed by atoms with Crippen LogP contribution in [0.2, 0.25) is 0 Å². The molecule has 0 aliphatic heterocycles. The second kappa shape index (κ2) is 22.4. The van der Waals surface area contributed by atoms with Gasteiger partial charge in [-0.3, -0.25) is 9.32 Å². The molecule has 0 saturated carbocycles. The van der Waals surface area contributed by atoms with Crippen LogP contribution in [0, 0.1) is 11.8 Å². The monoisotopic (exact) mass is 599 g/mol. The van der Waals surface area contributed by atoms with Gasteiger partial charge in [0.15, 0.2) is 0 Å². The van der Waals surface area contributed by atoms with Crippen LogP contribution < -0.4 is 5.32 Å². The number of benzene rings is 1. The molecule has 0 heterocycles. The van der Waals surface area contributed by atoms with Crippen LogP contribution in [0.5, 0.6) is 0 Å². The fraction of sp³-hybridized carbons (Fsp3) is 0.629. The van der Waals surface area contributed by atoms with Gasteiger partial charge in [0, 0.05) is 12.0 Å². The lowest BCUT2D eigenvalue weighted by molar-refractivity contribution is -0.122. The van der Waals surface area contributed by atoms with Gasteiger partial charge in [-0.25, -0.2) is 4.57 Å². The molecule has 0 radical (unpaired) electrons. The number of hydrogen-bond acceptors (Lipinski definition) is 3. The standard InChI is InChI=1S/C35H54NO5P/c1-2-3-4-5-6-7-8-9-10-11-12-13-14-15-19-22-35(37)36-34(30-41-42(38,39)40)29-33-27-25-32(26-28-33)24-23-31-20-17-16-18-21-31/h9-10,20,25-28,34H,2-8,11-19,21-22,29-30H2,1H3,(H,36,37)(H2,38,39,40)/b10-9-/t34-/m1/s1. The van der Waals surface area contributed by atoms with Crippen molar-refractivity contribution in [2.45, 2.75) is 135 Å². The smallest absolute Gasteiger partial charge is 0.351 e. The van der Waals surface area contributed by atoms with Gasteiger partial charge in [-0.2, -0.15) is 0 Å². The van der Waals surface area contributed by atoms with Gasteiger partial charge in [-0.05, 0) is 87.5 Å². The third kappa shape index (κ3) is 19.1. The molecule has 0 bridgehead atoms. The summed E-state index contributed by atoms with van der Waals surface area (Å²) >= 11 is 0. The minimum absolute atomic E-state index is 0.116. The Kier molecular flexibility index (Phi) is 19.2. The highest BCUT2D eigenvalue weighted by Gasteiger charge is 2.20. The summed E-state index contributed by atoms with van der Waals surface area (Å²) in [7, 11) is -4.63. The Morgan fingerprint density at radius 2 is 1.57 bits per heavy atom. The van der Waals surface area contributed by atoms with Crippen molar-refractivity contribution in [3.8, 4) is 11.8 Å². The molecular weight excluding hydrogens is 545 g/mol. The number of hydrogen-bond donors (Lipinski definition) is 3. The van der Waals surface area contributed by atoms with E-state index in [9.17, 15) is 19.1 Å². The predicted molar refractivity (Wildman–Crippen MR) is 173 cm³/mol. The lowest BCUT2D eigenvalue weighted by atomic mass is 9.99. The van der Waals surface area contributed by atoms with Crippen LogP contribution in [0.3, 0.4) is 0 Å². The van der Waals surface area contributed by atoms with Crippen LogP contribution in [-0.2, 0) is 20.3 Å². The number of carbonyl (C=O) groups is 1. The Morgan fingerprint density at radius 3 is 2.19 bits per heavy atom. The molecule has 42 heavy (non-hydrogen) atoms. The van der Waals surface area contributed by atoms with Crippen molar-refractivity contribution in [2.24, 2.45) is 0 Å².